The number of methoxy groups -OCH3 is 1. The molecule has 2 heterocycles. The quantitative estimate of drug-likeness (QED) is 0.928. The summed E-state index contributed by atoms with van der Waals surface area (Å²) in [5.41, 5.74) is 2.36. The molecule has 1 aromatic carbocycles. The van der Waals surface area contributed by atoms with Gasteiger partial charge in [-0.05, 0) is 56.0 Å². The van der Waals surface area contributed by atoms with Crippen LogP contribution in [0.25, 0.3) is 5.69 Å². The van der Waals surface area contributed by atoms with Crippen LogP contribution in [0.3, 0.4) is 0 Å². The topological polar surface area (TPSA) is 39.1 Å². The molecule has 0 unspecified atom stereocenters. The van der Waals surface area contributed by atoms with Crippen molar-refractivity contribution in [2.75, 3.05) is 20.2 Å². The first-order chi connectivity index (χ1) is 9.85. The third kappa shape index (κ3) is 3.02. The summed E-state index contributed by atoms with van der Waals surface area (Å²) in [4.78, 5) is 0. The van der Waals surface area contributed by atoms with Crippen molar-refractivity contribution in [3.05, 3.63) is 42.2 Å². The van der Waals surface area contributed by atoms with E-state index in [9.17, 15) is 0 Å². The molecule has 1 fully saturated rings. The lowest BCUT2D eigenvalue weighted by Gasteiger charge is -2.21. The van der Waals surface area contributed by atoms with E-state index >= 15 is 0 Å². The van der Waals surface area contributed by atoms with Crippen molar-refractivity contribution in [1.29, 1.82) is 0 Å². The van der Waals surface area contributed by atoms with Crippen molar-refractivity contribution in [3.63, 3.8) is 0 Å². The normalized spacial score (nSPS) is 16.2. The summed E-state index contributed by atoms with van der Waals surface area (Å²) in [5.74, 6) is 1.65. The molecule has 1 N–H and O–H groups in total. The maximum Gasteiger partial charge on any atom is 0.121 e. The van der Waals surface area contributed by atoms with Crippen LogP contribution >= 0.6 is 0 Å². The Balaban J connectivity index is 1.72. The van der Waals surface area contributed by atoms with Crippen LogP contribution in [-0.2, 0) is 6.42 Å². The molecule has 0 aliphatic carbocycles. The van der Waals surface area contributed by atoms with Gasteiger partial charge in [-0.1, -0.05) is 6.07 Å². The molecule has 1 aromatic heterocycles. The van der Waals surface area contributed by atoms with Gasteiger partial charge < -0.3 is 10.1 Å². The molecule has 106 valence electrons. The number of nitrogens with one attached hydrogen (secondary N) is 1. The average molecular weight is 271 g/mol. The smallest absolute Gasteiger partial charge is 0.121 e. The highest BCUT2D eigenvalue weighted by molar-refractivity contribution is 5.38. The van der Waals surface area contributed by atoms with Gasteiger partial charge in [0, 0.05) is 12.3 Å². The fraction of sp³-hybridized carbons (Fsp3) is 0.438. The molecule has 1 saturated heterocycles. The lowest BCUT2D eigenvalue weighted by Crippen LogP contribution is -2.28. The highest BCUT2D eigenvalue weighted by atomic mass is 16.5. The van der Waals surface area contributed by atoms with E-state index in [0.29, 0.717) is 0 Å². The second-order valence-electron chi connectivity index (χ2n) is 5.39. The largest absolute Gasteiger partial charge is 0.497 e. The van der Waals surface area contributed by atoms with Crippen LogP contribution in [-0.4, -0.2) is 30.0 Å². The van der Waals surface area contributed by atoms with Crippen molar-refractivity contribution in [1.82, 2.24) is 15.1 Å². The predicted molar refractivity (Wildman–Crippen MR) is 79.4 cm³/mol. The molecule has 0 spiro atoms. The van der Waals surface area contributed by atoms with Crippen molar-refractivity contribution < 1.29 is 4.74 Å². The third-order valence-electron chi connectivity index (χ3n) is 3.94. The number of hydrogen-bond donors (Lipinski definition) is 1. The van der Waals surface area contributed by atoms with E-state index in [4.69, 9.17) is 4.74 Å². The minimum absolute atomic E-state index is 0.791. The molecule has 20 heavy (non-hydrogen) atoms. The fourth-order valence-corrected chi connectivity index (χ4v) is 2.78. The minimum atomic E-state index is 0.791. The van der Waals surface area contributed by atoms with E-state index in [0.717, 1.165) is 36.9 Å². The van der Waals surface area contributed by atoms with Gasteiger partial charge >= 0.3 is 0 Å². The maximum absolute atomic E-state index is 5.26. The van der Waals surface area contributed by atoms with Gasteiger partial charge in [-0.15, -0.1) is 0 Å². The van der Waals surface area contributed by atoms with Crippen molar-refractivity contribution in [3.8, 4) is 11.4 Å². The summed E-state index contributed by atoms with van der Waals surface area (Å²) in [5, 5.41) is 7.88. The second-order valence-corrected chi connectivity index (χ2v) is 5.39. The fourth-order valence-electron chi connectivity index (χ4n) is 2.78. The molecule has 1 aliphatic rings. The molecular weight excluding hydrogens is 250 g/mol. The number of benzene rings is 1. The number of rotatable bonds is 4. The van der Waals surface area contributed by atoms with Crippen LogP contribution in [0.2, 0.25) is 0 Å². The highest BCUT2D eigenvalue weighted by Crippen LogP contribution is 2.20. The van der Waals surface area contributed by atoms with E-state index in [2.05, 4.69) is 16.6 Å². The second kappa shape index (κ2) is 6.09. The standard InChI is InChI=1S/C16H21N3O/c1-20-16-4-2-3-15(10-16)19-12-14(11-18-19)9-13-5-7-17-8-6-13/h2-4,10-13,17H,5-9H2,1H3. The first-order valence-electron chi connectivity index (χ1n) is 7.24. The Morgan fingerprint density at radius 3 is 3.00 bits per heavy atom. The molecule has 3 rings (SSSR count). The summed E-state index contributed by atoms with van der Waals surface area (Å²) in [6.45, 7) is 2.30. The molecule has 0 saturated carbocycles. The Hall–Kier alpha value is -1.81. The summed E-state index contributed by atoms with van der Waals surface area (Å²) < 4.78 is 7.19. The van der Waals surface area contributed by atoms with E-state index in [1.54, 1.807) is 7.11 Å². The number of ether oxygens (including phenoxy) is 1. The monoisotopic (exact) mass is 271 g/mol. The number of hydrogen-bond acceptors (Lipinski definition) is 3. The van der Waals surface area contributed by atoms with E-state index in [1.165, 1.54) is 18.4 Å². The Bertz CT molecular complexity index is 558. The molecule has 4 nitrogen and oxygen atoms in total. The molecule has 0 bridgehead atoms. The average Bonchev–Trinajstić information content (AvgIpc) is 2.97. The number of aromatic nitrogens is 2. The lowest BCUT2D eigenvalue weighted by atomic mass is 9.92. The minimum Gasteiger partial charge on any atom is -0.497 e. The van der Waals surface area contributed by atoms with Gasteiger partial charge in [-0.25, -0.2) is 4.68 Å². The highest BCUT2D eigenvalue weighted by Gasteiger charge is 2.14. The van der Waals surface area contributed by atoms with Crippen LogP contribution in [0.5, 0.6) is 5.75 Å². The Labute approximate surface area is 119 Å². The van der Waals surface area contributed by atoms with Gasteiger partial charge in [0.2, 0.25) is 0 Å². The zero-order chi connectivity index (χ0) is 13.8. The lowest BCUT2D eigenvalue weighted by molar-refractivity contribution is 0.372. The first-order valence-corrected chi connectivity index (χ1v) is 7.24. The molecule has 2 aromatic rings. The maximum atomic E-state index is 5.26. The van der Waals surface area contributed by atoms with Crippen LogP contribution in [0.15, 0.2) is 36.7 Å². The van der Waals surface area contributed by atoms with Crippen molar-refractivity contribution in [2.45, 2.75) is 19.3 Å². The summed E-state index contributed by atoms with van der Waals surface area (Å²) in [6, 6.07) is 7.98. The van der Waals surface area contributed by atoms with E-state index in [-0.39, 0.29) is 0 Å². The third-order valence-corrected chi connectivity index (χ3v) is 3.94. The molecule has 0 amide bonds. The van der Waals surface area contributed by atoms with Gasteiger partial charge in [0.15, 0.2) is 0 Å². The molecule has 4 heteroatoms. The van der Waals surface area contributed by atoms with Crippen molar-refractivity contribution >= 4 is 0 Å². The van der Waals surface area contributed by atoms with Gasteiger partial charge in [0.1, 0.15) is 5.75 Å². The van der Waals surface area contributed by atoms with Crippen LogP contribution < -0.4 is 10.1 Å². The van der Waals surface area contributed by atoms with Crippen LogP contribution in [0.1, 0.15) is 18.4 Å². The predicted octanol–water partition coefficient (Wildman–Crippen LogP) is 2.42. The van der Waals surface area contributed by atoms with Gasteiger partial charge in [-0.2, -0.15) is 5.10 Å². The van der Waals surface area contributed by atoms with Gasteiger partial charge in [0.25, 0.3) is 0 Å². The Morgan fingerprint density at radius 1 is 1.35 bits per heavy atom. The number of nitrogens with zero attached hydrogens (tertiary/aromatic N) is 2. The summed E-state index contributed by atoms with van der Waals surface area (Å²) in [7, 11) is 1.69. The Morgan fingerprint density at radius 2 is 2.20 bits per heavy atom. The Kier molecular flexibility index (Phi) is 4.02. The summed E-state index contributed by atoms with van der Waals surface area (Å²) >= 11 is 0. The number of piperidine rings is 1. The van der Waals surface area contributed by atoms with Gasteiger partial charge in [-0.3, -0.25) is 0 Å². The van der Waals surface area contributed by atoms with E-state index < -0.39 is 0 Å². The van der Waals surface area contributed by atoms with E-state index in [1.807, 2.05) is 35.1 Å². The first kappa shape index (κ1) is 13.2. The zero-order valence-electron chi connectivity index (χ0n) is 11.9. The van der Waals surface area contributed by atoms with Crippen LogP contribution in [0.4, 0.5) is 0 Å². The van der Waals surface area contributed by atoms with Gasteiger partial charge in [0.05, 0.1) is 19.0 Å². The van der Waals surface area contributed by atoms with Crippen LogP contribution in [0, 0.1) is 5.92 Å². The SMILES string of the molecule is COc1cccc(-n2cc(CC3CCNCC3)cn2)c1. The molecule has 0 radical (unpaired) electrons. The molecule has 0 atom stereocenters. The molecular formula is C16H21N3O. The molecule has 1 aliphatic heterocycles. The van der Waals surface area contributed by atoms with Crippen molar-refractivity contribution in [2.24, 2.45) is 5.92 Å². The zero-order valence-corrected chi connectivity index (χ0v) is 11.9. The summed E-state index contributed by atoms with van der Waals surface area (Å²) in [6.07, 6.45) is 7.79.